The zero-order valence-electron chi connectivity index (χ0n) is 19.9. The van der Waals surface area contributed by atoms with E-state index in [2.05, 4.69) is 24.3 Å². The third-order valence-electron chi connectivity index (χ3n) is 6.07. The minimum absolute atomic E-state index is 0. The molecule has 0 aromatic heterocycles. The van der Waals surface area contributed by atoms with Gasteiger partial charge in [-0.25, -0.2) is 6.29 Å². The molecule has 0 saturated heterocycles. The summed E-state index contributed by atoms with van der Waals surface area (Å²) in [6.07, 6.45) is 9.96. The summed E-state index contributed by atoms with van der Waals surface area (Å²) in [5.74, 6) is 0.498. The van der Waals surface area contributed by atoms with Crippen LogP contribution in [0.25, 0.3) is 0 Å². The number of ether oxygens (including phenoxy) is 2. The molecule has 1 aromatic rings. The van der Waals surface area contributed by atoms with Crippen LogP contribution in [0.2, 0.25) is 0 Å². The molecular weight excluding hydrogens is 434 g/mol. The number of rotatable bonds is 15. The van der Waals surface area contributed by atoms with Crippen LogP contribution >= 0.6 is 7.80 Å². The van der Waals surface area contributed by atoms with Crippen LogP contribution in [0, 0.1) is 11.8 Å². The molecule has 4 unspecified atom stereocenters. The summed E-state index contributed by atoms with van der Waals surface area (Å²) in [6, 6.07) is 10.6. The summed E-state index contributed by atoms with van der Waals surface area (Å²) in [6.45, 7) is 4.21. The molecule has 32 heavy (non-hydrogen) atoms. The number of aldehydes is 1. The Morgan fingerprint density at radius 2 is 1.81 bits per heavy atom. The molecular formula is C25H37NaO5P+. The first-order chi connectivity index (χ1) is 15.1. The van der Waals surface area contributed by atoms with E-state index < -0.39 is 19.9 Å². The third-order valence-corrected chi connectivity index (χ3v) is 7.53. The van der Waals surface area contributed by atoms with Crippen molar-refractivity contribution in [2.45, 2.75) is 83.3 Å². The summed E-state index contributed by atoms with van der Waals surface area (Å²) < 4.78 is 24.7. The minimum Gasteiger partial charge on any atom is -0.538 e. The van der Waals surface area contributed by atoms with Crippen LogP contribution in [0.15, 0.2) is 30.3 Å². The van der Waals surface area contributed by atoms with E-state index in [1.54, 1.807) is 6.29 Å². The molecule has 0 radical (unpaired) electrons. The molecule has 1 aromatic carbocycles. The molecule has 1 fully saturated rings. The molecule has 0 spiro atoms. The Bertz CT molecular complexity index is 664. The van der Waals surface area contributed by atoms with E-state index in [0.717, 1.165) is 12.7 Å². The Morgan fingerprint density at radius 3 is 2.41 bits per heavy atom. The van der Waals surface area contributed by atoms with Gasteiger partial charge in [-0.3, -0.25) is 0 Å². The van der Waals surface area contributed by atoms with Crippen molar-refractivity contribution in [3.05, 3.63) is 35.9 Å². The molecule has 0 aliphatic heterocycles. The summed E-state index contributed by atoms with van der Waals surface area (Å²) in [7, 11) is -1.88. The monoisotopic (exact) mass is 471 g/mol. The van der Waals surface area contributed by atoms with E-state index in [1.807, 2.05) is 19.9 Å². The second-order valence-electron chi connectivity index (χ2n) is 8.74. The van der Waals surface area contributed by atoms with Gasteiger partial charge in [0.15, 0.2) is 6.29 Å². The molecule has 1 aliphatic rings. The van der Waals surface area contributed by atoms with Gasteiger partial charge >= 0.3 is 37.4 Å². The van der Waals surface area contributed by atoms with Crippen molar-refractivity contribution in [2.75, 3.05) is 12.8 Å². The summed E-state index contributed by atoms with van der Waals surface area (Å²) in [4.78, 5) is 21.5. The number of carbonyl (C=O) groups excluding carboxylic acids is 2. The van der Waals surface area contributed by atoms with Gasteiger partial charge in [0.05, 0.1) is 12.8 Å². The van der Waals surface area contributed by atoms with Crippen LogP contribution in [0.5, 0.6) is 0 Å². The average Bonchev–Trinajstić information content (AvgIpc) is 2.79. The Labute approximate surface area is 216 Å². The second-order valence-corrected chi connectivity index (χ2v) is 10.5. The minimum atomic E-state index is -1.88. The van der Waals surface area contributed by atoms with Gasteiger partial charge in [0, 0.05) is 18.8 Å². The molecule has 0 N–H and O–H groups in total. The van der Waals surface area contributed by atoms with Crippen LogP contribution in [0.4, 0.5) is 0 Å². The molecule has 0 bridgehead atoms. The van der Waals surface area contributed by atoms with Crippen LogP contribution in [0.3, 0.4) is 0 Å². The normalized spacial score (nSPS) is 17.8. The van der Waals surface area contributed by atoms with E-state index >= 15 is 0 Å². The van der Waals surface area contributed by atoms with Gasteiger partial charge in [-0.15, -0.1) is 0 Å². The molecule has 5 nitrogen and oxygen atoms in total. The zero-order chi connectivity index (χ0) is 22.5. The van der Waals surface area contributed by atoms with Crippen molar-refractivity contribution in [1.29, 1.82) is 0 Å². The molecule has 1 saturated carbocycles. The molecule has 7 heteroatoms. The smallest absolute Gasteiger partial charge is 0.538 e. The molecule has 2 rings (SSSR count). The molecule has 4 atom stereocenters. The summed E-state index contributed by atoms with van der Waals surface area (Å²) in [5.41, 5.74) is 1.33. The zero-order valence-corrected chi connectivity index (χ0v) is 22.8. The Kier molecular flexibility index (Phi) is 15.8. The van der Waals surface area contributed by atoms with Gasteiger partial charge in [0.25, 0.3) is 5.85 Å². The average molecular weight is 472 g/mol. The summed E-state index contributed by atoms with van der Waals surface area (Å²) in [5, 5.41) is 0. The Balaban J connectivity index is 0.00000512. The number of benzene rings is 1. The van der Waals surface area contributed by atoms with Crippen LogP contribution < -0.4 is 29.6 Å². The van der Waals surface area contributed by atoms with Gasteiger partial charge in [-0.05, 0) is 36.7 Å². The van der Waals surface area contributed by atoms with Gasteiger partial charge in [-0.2, -0.15) is 0 Å². The van der Waals surface area contributed by atoms with Crippen molar-refractivity contribution in [2.24, 2.45) is 11.8 Å². The van der Waals surface area contributed by atoms with Gasteiger partial charge in [-0.1, -0.05) is 68.0 Å². The molecule has 172 valence electrons. The van der Waals surface area contributed by atoms with E-state index in [1.165, 1.54) is 37.7 Å². The van der Waals surface area contributed by atoms with Crippen molar-refractivity contribution in [3.8, 4) is 0 Å². The Morgan fingerprint density at radius 1 is 1.12 bits per heavy atom. The predicted molar refractivity (Wildman–Crippen MR) is 123 cm³/mol. The number of hydrogen-bond donors (Lipinski definition) is 0. The van der Waals surface area contributed by atoms with E-state index in [9.17, 15) is 14.2 Å². The van der Waals surface area contributed by atoms with Crippen molar-refractivity contribution in [1.82, 2.24) is 0 Å². The topological polar surface area (TPSA) is 69.7 Å². The fourth-order valence-corrected chi connectivity index (χ4v) is 5.48. The third kappa shape index (κ3) is 10.2. The largest absolute Gasteiger partial charge is 1.00 e. The first kappa shape index (κ1) is 29.6. The van der Waals surface area contributed by atoms with Crippen molar-refractivity contribution >= 4 is 20.4 Å². The maximum atomic E-state index is 12.8. The van der Waals surface area contributed by atoms with Crippen molar-refractivity contribution < 1.29 is 53.2 Å². The fraction of sp³-hybridized carbons (Fsp3) is 0.680. The maximum Gasteiger partial charge on any atom is 1.00 e. The molecule has 0 amide bonds. The molecule has 0 heterocycles. The van der Waals surface area contributed by atoms with E-state index in [-0.39, 0.29) is 48.2 Å². The Hall–Kier alpha value is -0.420. The van der Waals surface area contributed by atoms with E-state index in [0.29, 0.717) is 24.7 Å². The van der Waals surface area contributed by atoms with Gasteiger partial charge < -0.3 is 19.1 Å². The van der Waals surface area contributed by atoms with Crippen LogP contribution in [0.1, 0.15) is 76.7 Å². The maximum absolute atomic E-state index is 12.8. The van der Waals surface area contributed by atoms with E-state index in [4.69, 9.17) is 9.47 Å². The van der Waals surface area contributed by atoms with Crippen LogP contribution in [-0.2, 0) is 23.6 Å². The SMILES string of the molecule is CC(C)C(OCCC=O)OC(CCC(c1ccccc1)C1CCCCC1)[P+](=O)C[C-]=O.[Na+]. The first-order valence-electron chi connectivity index (χ1n) is 11.6. The second kappa shape index (κ2) is 17.1. The van der Waals surface area contributed by atoms with Gasteiger partial charge in [0.2, 0.25) is 0 Å². The summed E-state index contributed by atoms with van der Waals surface area (Å²) >= 11 is 0. The molecule has 1 aliphatic carbocycles. The number of carbonyl (C=O) groups is 1. The van der Waals surface area contributed by atoms with Crippen LogP contribution in [-0.4, -0.2) is 37.5 Å². The van der Waals surface area contributed by atoms with Gasteiger partial charge in [0.1, 0.15) is 6.29 Å². The standard InChI is InChI=1S/C25H37O5P.Na/c1-20(2)25(29-18-9-16-26)30-24(31(28)19-17-27)15-14-23(21-10-5-3-6-11-21)22-12-7-4-8-13-22;/h3,5-6,10-11,16,20,22-25H,4,7-9,12-15,18-19H2,1-2H3;/q;+1. The fourth-order valence-electron chi connectivity index (χ4n) is 4.45. The first-order valence-corrected chi connectivity index (χ1v) is 13.1. The number of hydrogen-bond acceptors (Lipinski definition) is 5. The predicted octanol–water partition coefficient (Wildman–Crippen LogP) is 3.00. The van der Waals surface area contributed by atoms with Crippen molar-refractivity contribution in [3.63, 3.8) is 0 Å². The quantitative estimate of drug-likeness (QED) is 0.0983.